The van der Waals surface area contributed by atoms with Crippen molar-refractivity contribution < 1.29 is 24.5 Å². The van der Waals surface area contributed by atoms with E-state index >= 15 is 0 Å². The summed E-state index contributed by atoms with van der Waals surface area (Å²) in [4.78, 5) is 25.0. The Hall–Kier alpha value is -1.30. The number of hydrogen-bond donors (Lipinski definition) is 2. The molecule has 0 aromatic carbocycles. The van der Waals surface area contributed by atoms with E-state index in [2.05, 4.69) is 0 Å². The largest absolute Gasteiger partial charge is 0.480 e. The molecule has 1 heterocycles. The van der Waals surface area contributed by atoms with E-state index in [4.69, 9.17) is 4.74 Å². The van der Waals surface area contributed by atoms with Gasteiger partial charge in [0.05, 0.1) is 6.10 Å². The van der Waals surface area contributed by atoms with Crippen molar-refractivity contribution in [2.24, 2.45) is 5.92 Å². The van der Waals surface area contributed by atoms with E-state index < -0.39 is 29.8 Å². The van der Waals surface area contributed by atoms with Gasteiger partial charge in [0.15, 0.2) is 0 Å². The van der Waals surface area contributed by atoms with Gasteiger partial charge in [-0.3, -0.25) is 4.90 Å². The van der Waals surface area contributed by atoms with E-state index in [0.717, 1.165) is 12.8 Å². The van der Waals surface area contributed by atoms with Gasteiger partial charge in [0.1, 0.15) is 11.6 Å². The number of carbonyl (C=O) groups is 2. The molecule has 1 saturated heterocycles. The van der Waals surface area contributed by atoms with Gasteiger partial charge < -0.3 is 14.9 Å². The van der Waals surface area contributed by atoms with Crippen molar-refractivity contribution in [2.75, 3.05) is 0 Å². The van der Waals surface area contributed by atoms with Crippen LogP contribution in [0.5, 0.6) is 0 Å². The number of nitrogens with zero attached hydrogens (tertiary/aromatic N) is 1. The monoisotopic (exact) mass is 285 g/mol. The highest BCUT2D eigenvalue weighted by molar-refractivity contribution is 5.81. The molecular formula is C14H23NO5. The molecule has 0 bridgehead atoms. The van der Waals surface area contributed by atoms with Crippen LogP contribution in [0.2, 0.25) is 0 Å². The molecule has 0 radical (unpaired) electrons. The van der Waals surface area contributed by atoms with E-state index in [0.29, 0.717) is 12.8 Å². The van der Waals surface area contributed by atoms with Crippen LogP contribution in [-0.4, -0.2) is 51.0 Å². The molecule has 0 spiro atoms. The van der Waals surface area contributed by atoms with Crippen molar-refractivity contribution in [3.8, 4) is 0 Å². The lowest BCUT2D eigenvalue weighted by atomic mass is 9.82. The number of aliphatic hydroxyl groups is 1. The minimum atomic E-state index is -1.03. The first-order chi connectivity index (χ1) is 9.20. The first-order valence-electron chi connectivity index (χ1n) is 7.13. The van der Waals surface area contributed by atoms with Crippen LogP contribution < -0.4 is 0 Å². The standard InChI is InChI=1S/C14H23NO5/c1-14(2,3)20-13(19)15-9-5-4-6-11(16)8(9)7-10(15)12(17)18/h8-11,16H,4-7H2,1-3H3,(H,17,18)/t8-,9-,10+,11+/m1/s1. The number of rotatable bonds is 1. The van der Waals surface area contributed by atoms with Gasteiger partial charge >= 0.3 is 12.1 Å². The highest BCUT2D eigenvalue weighted by Crippen LogP contribution is 2.40. The second-order valence-corrected chi connectivity index (χ2v) is 6.71. The van der Waals surface area contributed by atoms with Gasteiger partial charge in [-0.15, -0.1) is 0 Å². The molecule has 1 amide bonds. The molecule has 0 unspecified atom stereocenters. The molecule has 1 aliphatic carbocycles. The Morgan fingerprint density at radius 2 is 1.90 bits per heavy atom. The van der Waals surface area contributed by atoms with Crippen LogP contribution in [0, 0.1) is 5.92 Å². The summed E-state index contributed by atoms with van der Waals surface area (Å²) in [6, 6.07) is -1.12. The zero-order chi connectivity index (χ0) is 15.1. The average Bonchev–Trinajstić information content (AvgIpc) is 2.67. The summed E-state index contributed by atoms with van der Waals surface area (Å²) in [6.45, 7) is 5.26. The number of carboxylic acids is 1. The van der Waals surface area contributed by atoms with E-state index in [9.17, 15) is 19.8 Å². The van der Waals surface area contributed by atoms with Crippen LogP contribution in [0.15, 0.2) is 0 Å². The fourth-order valence-corrected chi connectivity index (χ4v) is 3.28. The molecule has 6 heteroatoms. The molecule has 2 fully saturated rings. The number of carboxylic acid groups (broad SMARTS) is 1. The maximum absolute atomic E-state index is 12.3. The summed E-state index contributed by atoms with van der Waals surface area (Å²) >= 11 is 0. The highest BCUT2D eigenvalue weighted by atomic mass is 16.6. The normalized spacial score (nSPS) is 33.7. The summed E-state index contributed by atoms with van der Waals surface area (Å²) in [5.74, 6) is -1.19. The predicted octanol–water partition coefficient (Wildman–Crippen LogP) is 1.61. The van der Waals surface area contributed by atoms with E-state index in [1.54, 1.807) is 20.8 Å². The lowest BCUT2D eigenvalue weighted by Crippen LogP contribution is -2.49. The molecule has 2 aliphatic rings. The summed E-state index contributed by atoms with van der Waals surface area (Å²) in [7, 11) is 0. The Balaban J connectivity index is 2.22. The molecule has 0 aromatic rings. The molecule has 2 rings (SSSR count). The van der Waals surface area contributed by atoms with Gasteiger partial charge in [-0.2, -0.15) is 0 Å². The van der Waals surface area contributed by atoms with Gasteiger partial charge in [0.25, 0.3) is 0 Å². The molecule has 114 valence electrons. The number of amides is 1. The predicted molar refractivity (Wildman–Crippen MR) is 71.2 cm³/mol. The molecular weight excluding hydrogens is 262 g/mol. The minimum Gasteiger partial charge on any atom is -0.480 e. The molecule has 2 N–H and O–H groups in total. The second kappa shape index (κ2) is 5.24. The first-order valence-corrected chi connectivity index (χ1v) is 7.13. The Labute approximate surface area is 118 Å². The number of aliphatic carboxylic acids is 1. The molecule has 0 aromatic heterocycles. The summed E-state index contributed by atoms with van der Waals surface area (Å²) in [6.07, 6.45) is 1.39. The second-order valence-electron chi connectivity index (χ2n) is 6.71. The van der Waals surface area contributed by atoms with Crippen molar-refractivity contribution in [1.29, 1.82) is 0 Å². The molecule has 4 atom stereocenters. The number of fused-ring (bicyclic) bond motifs is 1. The lowest BCUT2D eigenvalue weighted by molar-refractivity contribution is -0.142. The molecule has 1 saturated carbocycles. The minimum absolute atomic E-state index is 0.155. The molecule has 20 heavy (non-hydrogen) atoms. The van der Waals surface area contributed by atoms with Crippen molar-refractivity contribution >= 4 is 12.1 Å². The number of ether oxygens (including phenoxy) is 1. The van der Waals surface area contributed by atoms with Gasteiger partial charge in [-0.25, -0.2) is 9.59 Å². The fourth-order valence-electron chi connectivity index (χ4n) is 3.28. The first kappa shape index (κ1) is 15.1. The Bertz CT molecular complexity index is 403. The average molecular weight is 285 g/mol. The van der Waals surface area contributed by atoms with Crippen LogP contribution in [0.4, 0.5) is 4.79 Å². The Morgan fingerprint density at radius 1 is 1.25 bits per heavy atom. The SMILES string of the molecule is CC(C)(C)OC(=O)N1[C@@H]2CCC[C@H](O)[C@@H]2C[C@H]1C(=O)O. The smallest absolute Gasteiger partial charge is 0.411 e. The van der Waals surface area contributed by atoms with E-state index in [-0.39, 0.29) is 12.0 Å². The Kier molecular flexibility index (Phi) is 3.95. The molecule has 1 aliphatic heterocycles. The van der Waals surface area contributed by atoms with Crippen LogP contribution in [-0.2, 0) is 9.53 Å². The van der Waals surface area contributed by atoms with Crippen molar-refractivity contribution in [2.45, 2.75) is 70.2 Å². The van der Waals surface area contributed by atoms with Crippen molar-refractivity contribution in [3.05, 3.63) is 0 Å². The third-order valence-electron chi connectivity index (χ3n) is 4.07. The van der Waals surface area contributed by atoms with Gasteiger partial charge in [0, 0.05) is 12.0 Å². The maximum Gasteiger partial charge on any atom is 0.411 e. The lowest BCUT2D eigenvalue weighted by Gasteiger charge is -2.36. The van der Waals surface area contributed by atoms with E-state index in [1.165, 1.54) is 4.90 Å². The maximum atomic E-state index is 12.3. The van der Waals surface area contributed by atoms with Gasteiger partial charge in [0.2, 0.25) is 0 Å². The highest BCUT2D eigenvalue weighted by Gasteiger charge is 2.51. The summed E-state index contributed by atoms with van der Waals surface area (Å²) < 4.78 is 5.33. The zero-order valence-electron chi connectivity index (χ0n) is 12.2. The fraction of sp³-hybridized carbons (Fsp3) is 0.857. The van der Waals surface area contributed by atoms with E-state index in [1.807, 2.05) is 0 Å². The molecule has 6 nitrogen and oxygen atoms in total. The number of likely N-dealkylation sites (tertiary alicyclic amines) is 1. The van der Waals surface area contributed by atoms with Crippen LogP contribution in [0.3, 0.4) is 0 Å². The third-order valence-corrected chi connectivity index (χ3v) is 4.07. The van der Waals surface area contributed by atoms with Gasteiger partial charge in [-0.05, 0) is 46.5 Å². The summed E-state index contributed by atoms with van der Waals surface area (Å²) in [5, 5.41) is 19.4. The quantitative estimate of drug-likeness (QED) is 0.764. The van der Waals surface area contributed by atoms with Crippen LogP contribution >= 0.6 is 0 Å². The number of carbonyl (C=O) groups excluding carboxylic acids is 1. The van der Waals surface area contributed by atoms with Crippen LogP contribution in [0.1, 0.15) is 46.5 Å². The number of aliphatic hydroxyl groups excluding tert-OH is 1. The Morgan fingerprint density at radius 3 is 2.45 bits per heavy atom. The van der Waals surface area contributed by atoms with Crippen LogP contribution in [0.25, 0.3) is 0 Å². The van der Waals surface area contributed by atoms with Crippen molar-refractivity contribution in [3.63, 3.8) is 0 Å². The third kappa shape index (κ3) is 2.90. The van der Waals surface area contributed by atoms with Gasteiger partial charge in [-0.1, -0.05) is 0 Å². The summed E-state index contributed by atoms with van der Waals surface area (Å²) in [5.41, 5.74) is -0.661. The number of hydrogen-bond acceptors (Lipinski definition) is 4. The zero-order valence-corrected chi connectivity index (χ0v) is 12.2. The van der Waals surface area contributed by atoms with Crippen molar-refractivity contribution in [1.82, 2.24) is 4.90 Å². The topological polar surface area (TPSA) is 87.1 Å².